The van der Waals surface area contributed by atoms with Gasteiger partial charge in [-0.15, -0.1) is 11.3 Å². The molecule has 2 N–H and O–H groups in total. The van der Waals surface area contributed by atoms with Gasteiger partial charge in [-0.05, 0) is 55.8 Å². The zero-order valence-electron chi connectivity index (χ0n) is 18.7. The molecule has 0 bridgehead atoms. The van der Waals surface area contributed by atoms with Crippen LogP contribution in [0.5, 0.6) is 0 Å². The van der Waals surface area contributed by atoms with Gasteiger partial charge in [-0.3, -0.25) is 14.5 Å². The third-order valence-electron chi connectivity index (χ3n) is 5.98. The highest BCUT2D eigenvalue weighted by atomic mass is 32.1. The second-order valence-corrected chi connectivity index (χ2v) is 9.51. The molecule has 0 saturated carbocycles. The molecule has 1 aliphatic rings. The lowest BCUT2D eigenvalue weighted by atomic mass is 9.99. The predicted molar refractivity (Wildman–Crippen MR) is 133 cm³/mol. The number of carbonyl (C=O) groups is 2. The number of para-hydroxylation sites is 2. The molecule has 3 heterocycles. The van der Waals surface area contributed by atoms with Crippen LogP contribution < -0.4 is 10.6 Å². The lowest BCUT2D eigenvalue weighted by Gasteiger charge is -2.31. The van der Waals surface area contributed by atoms with Crippen LogP contribution in [0.4, 0.5) is 5.69 Å². The fraction of sp³-hybridized carbons (Fsp3) is 0.269. The van der Waals surface area contributed by atoms with Crippen molar-refractivity contribution in [1.29, 1.82) is 0 Å². The average molecular weight is 475 g/mol. The van der Waals surface area contributed by atoms with Gasteiger partial charge >= 0.3 is 0 Å². The minimum absolute atomic E-state index is 0.128. The molecule has 4 aromatic rings. The second-order valence-electron chi connectivity index (χ2n) is 8.45. The normalized spacial score (nSPS) is 16.4. The molecule has 0 radical (unpaired) electrons. The molecule has 1 aliphatic heterocycles. The Morgan fingerprint density at radius 3 is 2.79 bits per heavy atom. The maximum absolute atomic E-state index is 12.9. The summed E-state index contributed by atoms with van der Waals surface area (Å²) in [6.07, 6.45) is 3.67. The number of fused-ring (bicyclic) bond motifs is 1. The minimum atomic E-state index is -0.263. The molecule has 2 aromatic heterocycles. The first-order valence-corrected chi connectivity index (χ1v) is 12.2. The van der Waals surface area contributed by atoms with Crippen LogP contribution in [0.2, 0.25) is 0 Å². The number of thiazole rings is 1. The summed E-state index contributed by atoms with van der Waals surface area (Å²) >= 11 is 1.75. The van der Waals surface area contributed by atoms with Crippen LogP contribution in [0.25, 0.3) is 10.2 Å². The van der Waals surface area contributed by atoms with Gasteiger partial charge in [0.25, 0.3) is 5.91 Å². The number of likely N-dealkylation sites (tertiary alicyclic amines) is 1. The van der Waals surface area contributed by atoms with E-state index in [1.165, 1.54) is 4.70 Å². The molecule has 2 amide bonds. The molecule has 7 nitrogen and oxygen atoms in total. The van der Waals surface area contributed by atoms with Crippen molar-refractivity contribution < 1.29 is 14.0 Å². The molecule has 1 saturated heterocycles. The zero-order valence-corrected chi connectivity index (χ0v) is 19.5. The Kier molecular flexibility index (Phi) is 6.69. The number of aromatic nitrogens is 1. The highest BCUT2D eigenvalue weighted by Crippen LogP contribution is 2.32. The lowest BCUT2D eigenvalue weighted by Crippen LogP contribution is -2.40. The van der Waals surface area contributed by atoms with E-state index in [9.17, 15) is 9.59 Å². The minimum Gasteiger partial charge on any atom is -0.467 e. The second kappa shape index (κ2) is 10.2. The molecule has 1 fully saturated rings. The Labute approximate surface area is 201 Å². The number of furan rings is 1. The summed E-state index contributed by atoms with van der Waals surface area (Å²) < 4.78 is 6.47. The quantitative estimate of drug-likeness (QED) is 0.408. The number of rotatable bonds is 7. The van der Waals surface area contributed by atoms with Gasteiger partial charge in [0, 0.05) is 12.5 Å². The number of hydrogen-bond donors (Lipinski definition) is 2. The molecule has 34 heavy (non-hydrogen) atoms. The Morgan fingerprint density at radius 2 is 1.94 bits per heavy atom. The number of anilines is 1. The van der Waals surface area contributed by atoms with Crippen molar-refractivity contribution in [2.75, 3.05) is 25.0 Å². The topological polar surface area (TPSA) is 87.5 Å². The maximum Gasteiger partial charge on any atom is 0.253 e. The Balaban J connectivity index is 1.20. The molecule has 1 unspecified atom stereocenters. The average Bonchev–Trinajstić information content (AvgIpc) is 3.53. The van der Waals surface area contributed by atoms with Crippen LogP contribution in [0.3, 0.4) is 0 Å². The van der Waals surface area contributed by atoms with Gasteiger partial charge in [0.15, 0.2) is 0 Å². The van der Waals surface area contributed by atoms with Crippen LogP contribution in [-0.4, -0.2) is 41.3 Å². The lowest BCUT2D eigenvalue weighted by molar-refractivity contribution is -0.117. The summed E-state index contributed by atoms with van der Waals surface area (Å²) in [7, 11) is 0. The van der Waals surface area contributed by atoms with Crippen LogP contribution in [-0.2, 0) is 11.3 Å². The van der Waals surface area contributed by atoms with Crippen LogP contribution in [0.15, 0.2) is 71.3 Å². The first-order valence-electron chi connectivity index (χ1n) is 11.4. The fourth-order valence-electron chi connectivity index (χ4n) is 4.32. The zero-order chi connectivity index (χ0) is 23.3. The first-order chi connectivity index (χ1) is 16.7. The van der Waals surface area contributed by atoms with Gasteiger partial charge in [-0.25, -0.2) is 4.98 Å². The van der Waals surface area contributed by atoms with Crippen molar-refractivity contribution >= 4 is 39.1 Å². The Morgan fingerprint density at radius 1 is 1.09 bits per heavy atom. The first kappa shape index (κ1) is 22.3. The third kappa shape index (κ3) is 5.18. The van der Waals surface area contributed by atoms with E-state index in [4.69, 9.17) is 9.40 Å². The van der Waals surface area contributed by atoms with Gasteiger partial charge in [-0.2, -0.15) is 0 Å². The number of nitrogens with zero attached hydrogens (tertiary/aromatic N) is 2. The summed E-state index contributed by atoms with van der Waals surface area (Å²) in [6, 6.07) is 18.8. The SMILES string of the molecule is O=C(CN1CCCC(c2nc3ccccc3s2)C1)Nc1ccccc1C(=O)NCc1ccco1. The largest absolute Gasteiger partial charge is 0.467 e. The predicted octanol–water partition coefficient (Wildman–Crippen LogP) is 4.64. The molecule has 0 aliphatic carbocycles. The van der Waals surface area contributed by atoms with Gasteiger partial charge in [0.2, 0.25) is 5.91 Å². The monoisotopic (exact) mass is 474 g/mol. The number of amides is 2. The number of carbonyl (C=O) groups excluding carboxylic acids is 2. The van der Waals surface area contributed by atoms with E-state index in [0.717, 1.165) is 36.5 Å². The van der Waals surface area contributed by atoms with E-state index in [0.29, 0.717) is 22.9 Å². The van der Waals surface area contributed by atoms with Crippen molar-refractivity contribution in [2.45, 2.75) is 25.3 Å². The van der Waals surface area contributed by atoms with Crippen LogP contribution in [0, 0.1) is 0 Å². The van der Waals surface area contributed by atoms with Gasteiger partial charge in [-0.1, -0.05) is 24.3 Å². The van der Waals surface area contributed by atoms with Gasteiger partial charge in [0.1, 0.15) is 5.76 Å². The van der Waals surface area contributed by atoms with Crippen molar-refractivity contribution in [3.63, 3.8) is 0 Å². The number of nitrogens with one attached hydrogen (secondary N) is 2. The van der Waals surface area contributed by atoms with Crippen LogP contribution in [0.1, 0.15) is 39.9 Å². The Hall–Kier alpha value is -3.49. The van der Waals surface area contributed by atoms with E-state index in [-0.39, 0.29) is 24.9 Å². The van der Waals surface area contributed by atoms with Crippen molar-refractivity contribution in [2.24, 2.45) is 0 Å². The highest BCUT2D eigenvalue weighted by Gasteiger charge is 2.25. The molecule has 1 atom stereocenters. The molecule has 174 valence electrons. The maximum atomic E-state index is 12.9. The van der Waals surface area contributed by atoms with Gasteiger partial charge in [0.05, 0.1) is 45.8 Å². The van der Waals surface area contributed by atoms with Crippen molar-refractivity contribution in [3.8, 4) is 0 Å². The number of piperidine rings is 1. The van der Waals surface area contributed by atoms with Crippen LogP contribution >= 0.6 is 11.3 Å². The number of hydrogen-bond acceptors (Lipinski definition) is 6. The molecule has 8 heteroatoms. The smallest absolute Gasteiger partial charge is 0.253 e. The third-order valence-corrected chi connectivity index (χ3v) is 7.18. The highest BCUT2D eigenvalue weighted by molar-refractivity contribution is 7.18. The van der Waals surface area contributed by atoms with E-state index >= 15 is 0 Å². The standard InChI is InChI=1S/C26H26N4O3S/c31-24(28-21-10-2-1-9-20(21)25(32)27-15-19-8-6-14-33-19)17-30-13-5-7-18(16-30)26-29-22-11-3-4-12-23(22)34-26/h1-4,6,8-12,14,18H,5,7,13,15-17H2,(H,27,32)(H,28,31). The van der Waals surface area contributed by atoms with E-state index < -0.39 is 0 Å². The molecule has 5 rings (SSSR count). The summed E-state index contributed by atoms with van der Waals surface area (Å²) in [6.45, 7) is 2.25. The fourth-order valence-corrected chi connectivity index (χ4v) is 5.42. The van der Waals surface area contributed by atoms with Gasteiger partial charge < -0.3 is 15.1 Å². The summed E-state index contributed by atoms with van der Waals surface area (Å²) in [5.74, 6) is 0.610. The summed E-state index contributed by atoms with van der Waals surface area (Å²) in [4.78, 5) is 32.6. The van der Waals surface area contributed by atoms with Crippen molar-refractivity contribution in [3.05, 3.63) is 83.3 Å². The van der Waals surface area contributed by atoms with E-state index in [1.54, 1.807) is 47.9 Å². The van der Waals surface area contributed by atoms with E-state index in [1.807, 2.05) is 24.3 Å². The number of benzene rings is 2. The summed E-state index contributed by atoms with van der Waals surface area (Å²) in [5, 5.41) is 6.90. The molecule has 2 aromatic carbocycles. The molecule has 0 spiro atoms. The van der Waals surface area contributed by atoms with Crippen molar-refractivity contribution in [1.82, 2.24) is 15.2 Å². The van der Waals surface area contributed by atoms with E-state index in [2.05, 4.69) is 21.6 Å². The Bertz CT molecular complexity index is 1250. The summed E-state index contributed by atoms with van der Waals surface area (Å²) in [5.41, 5.74) is 1.97. The molecular formula is C26H26N4O3S. The molecular weight excluding hydrogens is 448 g/mol.